The smallest absolute Gasteiger partial charge is 0.337 e. The van der Waals surface area contributed by atoms with Crippen LogP contribution in [0.3, 0.4) is 0 Å². The van der Waals surface area contributed by atoms with Crippen LogP contribution in [0.4, 0.5) is 16.2 Å². The monoisotopic (exact) mass is 326 g/mol. The second kappa shape index (κ2) is 5.58. The summed E-state index contributed by atoms with van der Waals surface area (Å²) >= 11 is 0. The number of anilines is 2. The van der Waals surface area contributed by atoms with Gasteiger partial charge in [0.2, 0.25) is 0 Å². The molecule has 1 aromatic heterocycles. The minimum atomic E-state index is -1.04. The predicted molar refractivity (Wildman–Crippen MR) is 88.6 cm³/mol. The maximum absolute atomic E-state index is 12.2. The zero-order valence-electron chi connectivity index (χ0n) is 12.6. The number of rotatable bonds is 3. The van der Waals surface area contributed by atoms with Crippen LogP contribution in [0.25, 0.3) is 11.6 Å². The number of primary amides is 1. The average molecular weight is 326 g/mol. The Balaban J connectivity index is 2.05. The van der Waals surface area contributed by atoms with Crippen molar-refractivity contribution in [3.05, 3.63) is 46.8 Å². The SMILES string of the molecule is Cc1c(C(=O)O)c[nH]c1/C=C1\C(=O)Nc2ccc(NC(N)=O)cc21. The van der Waals surface area contributed by atoms with Gasteiger partial charge < -0.3 is 26.5 Å². The number of carbonyl (C=O) groups is 3. The molecule has 2 aromatic rings. The molecule has 1 aliphatic heterocycles. The molecule has 8 nitrogen and oxygen atoms in total. The summed E-state index contributed by atoms with van der Waals surface area (Å²) in [6.45, 7) is 1.66. The Morgan fingerprint density at radius 1 is 1.33 bits per heavy atom. The molecule has 122 valence electrons. The van der Waals surface area contributed by atoms with E-state index in [9.17, 15) is 14.4 Å². The van der Waals surface area contributed by atoms with E-state index in [-0.39, 0.29) is 11.5 Å². The molecule has 24 heavy (non-hydrogen) atoms. The van der Waals surface area contributed by atoms with Crippen LogP contribution < -0.4 is 16.4 Å². The number of aromatic nitrogens is 1. The number of nitrogens with one attached hydrogen (secondary N) is 3. The Bertz CT molecular complexity index is 911. The molecule has 8 heteroatoms. The number of hydrogen-bond acceptors (Lipinski definition) is 3. The van der Waals surface area contributed by atoms with E-state index >= 15 is 0 Å². The molecule has 0 aliphatic carbocycles. The molecule has 0 fully saturated rings. The number of carbonyl (C=O) groups excluding carboxylic acids is 2. The summed E-state index contributed by atoms with van der Waals surface area (Å²) in [5.41, 5.74) is 8.31. The lowest BCUT2D eigenvalue weighted by Gasteiger charge is -2.04. The van der Waals surface area contributed by atoms with Crippen LogP contribution in [0.5, 0.6) is 0 Å². The lowest BCUT2D eigenvalue weighted by Crippen LogP contribution is -2.19. The number of carboxylic acids is 1. The van der Waals surface area contributed by atoms with Gasteiger partial charge in [0.25, 0.3) is 5.91 Å². The van der Waals surface area contributed by atoms with Crippen LogP contribution >= 0.6 is 0 Å². The number of aromatic carboxylic acids is 1. The Hall–Kier alpha value is -3.55. The molecule has 0 saturated heterocycles. The van der Waals surface area contributed by atoms with Crippen molar-refractivity contribution < 1.29 is 19.5 Å². The molecule has 1 aromatic carbocycles. The molecule has 2 heterocycles. The second-order valence-corrected chi connectivity index (χ2v) is 5.31. The van der Waals surface area contributed by atoms with Crippen molar-refractivity contribution in [2.24, 2.45) is 5.73 Å². The van der Waals surface area contributed by atoms with Crippen LogP contribution in [-0.4, -0.2) is 28.0 Å². The van der Waals surface area contributed by atoms with Crippen LogP contribution in [0.1, 0.15) is 27.2 Å². The Morgan fingerprint density at radius 3 is 2.71 bits per heavy atom. The van der Waals surface area contributed by atoms with Crippen LogP contribution in [0, 0.1) is 6.92 Å². The minimum absolute atomic E-state index is 0.143. The number of hydrogen-bond donors (Lipinski definition) is 5. The average Bonchev–Trinajstić information content (AvgIpc) is 3.00. The van der Waals surface area contributed by atoms with Gasteiger partial charge in [-0.15, -0.1) is 0 Å². The molecular formula is C16H14N4O4. The van der Waals surface area contributed by atoms with Crippen LogP contribution in [0.15, 0.2) is 24.4 Å². The van der Waals surface area contributed by atoms with Gasteiger partial charge in [-0.2, -0.15) is 0 Å². The predicted octanol–water partition coefficient (Wildman–Crippen LogP) is 2.00. The number of carboxylic acid groups (broad SMARTS) is 1. The van der Waals surface area contributed by atoms with Gasteiger partial charge in [-0.1, -0.05) is 0 Å². The second-order valence-electron chi connectivity index (χ2n) is 5.31. The maximum Gasteiger partial charge on any atom is 0.337 e. The third-order valence-electron chi connectivity index (χ3n) is 3.77. The molecule has 0 atom stereocenters. The van der Waals surface area contributed by atoms with Gasteiger partial charge in [-0.3, -0.25) is 4.79 Å². The van der Waals surface area contributed by atoms with Crippen LogP contribution in [-0.2, 0) is 4.79 Å². The Labute approximate surface area is 136 Å². The lowest BCUT2D eigenvalue weighted by atomic mass is 10.0. The molecule has 0 saturated carbocycles. The lowest BCUT2D eigenvalue weighted by molar-refractivity contribution is -0.110. The number of fused-ring (bicyclic) bond motifs is 1. The number of urea groups is 1. The van der Waals surface area contributed by atoms with Gasteiger partial charge in [0.05, 0.1) is 11.1 Å². The standard InChI is InChI=1S/C16H14N4O4/c1-7-11(15(22)23)6-18-13(7)5-10-9-4-8(19-16(17)24)2-3-12(9)20-14(10)21/h2-6,18H,1H3,(H,20,21)(H,22,23)(H3,17,19,24)/b10-5-. The number of H-pyrrole nitrogens is 1. The van der Waals surface area contributed by atoms with Crippen molar-refractivity contribution in [3.63, 3.8) is 0 Å². The van der Waals surface area contributed by atoms with Gasteiger partial charge in [0.1, 0.15) is 0 Å². The van der Waals surface area contributed by atoms with E-state index in [4.69, 9.17) is 10.8 Å². The highest BCUT2D eigenvalue weighted by Crippen LogP contribution is 2.35. The fraction of sp³-hybridized carbons (Fsp3) is 0.0625. The molecule has 0 spiro atoms. The summed E-state index contributed by atoms with van der Waals surface area (Å²) in [7, 11) is 0. The van der Waals surface area contributed by atoms with Crippen molar-refractivity contribution in [1.29, 1.82) is 0 Å². The van der Waals surface area contributed by atoms with Crippen molar-refractivity contribution in [3.8, 4) is 0 Å². The highest BCUT2D eigenvalue weighted by molar-refractivity contribution is 6.35. The van der Waals surface area contributed by atoms with Crippen LogP contribution in [0.2, 0.25) is 0 Å². The summed E-state index contributed by atoms with van der Waals surface area (Å²) in [5, 5.41) is 14.3. The quantitative estimate of drug-likeness (QED) is 0.551. The first-order valence-corrected chi connectivity index (χ1v) is 7.02. The molecule has 3 rings (SSSR count). The van der Waals surface area contributed by atoms with E-state index < -0.39 is 12.0 Å². The van der Waals surface area contributed by atoms with Gasteiger partial charge in [-0.05, 0) is 36.8 Å². The van der Waals surface area contributed by atoms with Crippen molar-refractivity contribution >= 4 is 40.9 Å². The minimum Gasteiger partial charge on any atom is -0.478 e. The largest absolute Gasteiger partial charge is 0.478 e. The van der Waals surface area contributed by atoms with Crippen molar-refractivity contribution in [2.75, 3.05) is 10.6 Å². The number of nitrogens with two attached hydrogens (primary N) is 1. The summed E-state index contributed by atoms with van der Waals surface area (Å²) in [4.78, 5) is 37.1. The summed E-state index contributed by atoms with van der Waals surface area (Å²) in [5.74, 6) is -1.36. The first-order chi connectivity index (χ1) is 11.4. The van der Waals surface area contributed by atoms with E-state index in [1.54, 1.807) is 31.2 Å². The molecule has 0 unspecified atom stereocenters. The normalized spacial score (nSPS) is 14.4. The van der Waals surface area contributed by atoms with Gasteiger partial charge in [0, 0.05) is 28.8 Å². The van der Waals surface area contributed by atoms with E-state index in [1.165, 1.54) is 6.20 Å². The summed E-state index contributed by atoms with van der Waals surface area (Å²) in [6.07, 6.45) is 2.96. The first-order valence-electron chi connectivity index (χ1n) is 7.02. The highest BCUT2D eigenvalue weighted by Gasteiger charge is 2.25. The molecule has 0 bridgehead atoms. The van der Waals surface area contributed by atoms with Gasteiger partial charge in [-0.25, -0.2) is 9.59 Å². The topological polar surface area (TPSA) is 137 Å². The van der Waals surface area contributed by atoms with E-state index in [0.29, 0.717) is 33.8 Å². The Kier molecular flexibility index (Phi) is 3.57. The fourth-order valence-corrected chi connectivity index (χ4v) is 2.58. The van der Waals surface area contributed by atoms with Crippen molar-refractivity contribution in [1.82, 2.24) is 4.98 Å². The van der Waals surface area contributed by atoms with E-state index in [0.717, 1.165) is 0 Å². The number of aromatic amines is 1. The zero-order valence-corrected chi connectivity index (χ0v) is 12.6. The maximum atomic E-state index is 12.2. The number of amides is 3. The number of benzene rings is 1. The zero-order chi connectivity index (χ0) is 17.4. The van der Waals surface area contributed by atoms with Gasteiger partial charge >= 0.3 is 12.0 Å². The molecular weight excluding hydrogens is 312 g/mol. The van der Waals surface area contributed by atoms with E-state index in [2.05, 4.69) is 15.6 Å². The summed E-state index contributed by atoms with van der Waals surface area (Å²) < 4.78 is 0. The molecule has 1 aliphatic rings. The summed E-state index contributed by atoms with van der Waals surface area (Å²) in [6, 6.07) is 4.20. The van der Waals surface area contributed by atoms with E-state index in [1.807, 2.05) is 0 Å². The molecule has 0 radical (unpaired) electrons. The third kappa shape index (κ3) is 2.60. The van der Waals surface area contributed by atoms with Gasteiger partial charge in [0.15, 0.2) is 0 Å². The van der Waals surface area contributed by atoms with Crippen molar-refractivity contribution in [2.45, 2.75) is 6.92 Å². The Morgan fingerprint density at radius 2 is 2.08 bits per heavy atom. The highest BCUT2D eigenvalue weighted by atomic mass is 16.4. The molecule has 6 N–H and O–H groups in total. The fourth-order valence-electron chi connectivity index (χ4n) is 2.58. The molecule has 3 amide bonds. The third-order valence-corrected chi connectivity index (χ3v) is 3.77. The first kappa shape index (κ1) is 15.3.